The Morgan fingerprint density at radius 2 is 1.73 bits per heavy atom. The van der Waals surface area contributed by atoms with Crippen LogP contribution in [-0.2, 0) is 10.0 Å². The summed E-state index contributed by atoms with van der Waals surface area (Å²) in [6.45, 7) is 6.88. The Kier molecular flexibility index (Phi) is 7.51. The third-order valence-electron chi connectivity index (χ3n) is 7.02. The molecule has 178 valence electrons. The van der Waals surface area contributed by atoms with Gasteiger partial charge in [-0.3, -0.25) is 9.69 Å². The molecule has 0 radical (unpaired) electrons. The van der Waals surface area contributed by atoms with E-state index in [2.05, 4.69) is 22.3 Å². The van der Waals surface area contributed by atoms with Gasteiger partial charge in [-0.25, -0.2) is 8.42 Å². The third kappa shape index (κ3) is 5.31. The Morgan fingerprint density at radius 1 is 1.03 bits per heavy atom. The van der Waals surface area contributed by atoms with Crippen LogP contribution >= 0.6 is 0 Å². The molecular formula is C26H35N3O3S. The first kappa shape index (κ1) is 23.9. The van der Waals surface area contributed by atoms with Crippen LogP contribution in [0.5, 0.6) is 0 Å². The number of likely N-dealkylation sites (tertiary alicyclic amines) is 1. The van der Waals surface area contributed by atoms with Gasteiger partial charge in [0.15, 0.2) is 0 Å². The Balaban J connectivity index is 1.53. The van der Waals surface area contributed by atoms with E-state index in [1.165, 1.54) is 18.4 Å². The molecule has 6 nitrogen and oxygen atoms in total. The predicted molar refractivity (Wildman–Crippen MR) is 131 cm³/mol. The second kappa shape index (κ2) is 10.4. The predicted octanol–water partition coefficient (Wildman–Crippen LogP) is 4.13. The molecule has 2 heterocycles. The van der Waals surface area contributed by atoms with E-state index in [0.29, 0.717) is 18.7 Å². The van der Waals surface area contributed by atoms with Crippen molar-refractivity contribution < 1.29 is 13.2 Å². The van der Waals surface area contributed by atoms with Crippen LogP contribution in [0.4, 0.5) is 0 Å². The van der Waals surface area contributed by atoms with E-state index >= 15 is 0 Å². The van der Waals surface area contributed by atoms with E-state index < -0.39 is 10.0 Å². The molecule has 2 aliphatic heterocycles. The van der Waals surface area contributed by atoms with Gasteiger partial charge in [0.05, 0.1) is 10.9 Å². The fourth-order valence-electron chi connectivity index (χ4n) is 5.04. The molecule has 2 atom stereocenters. The first-order chi connectivity index (χ1) is 15.9. The molecule has 2 unspecified atom stereocenters. The number of piperidine rings is 1. The van der Waals surface area contributed by atoms with Crippen LogP contribution < -0.4 is 5.32 Å². The summed E-state index contributed by atoms with van der Waals surface area (Å²) in [6, 6.07) is 15.3. The molecule has 0 aromatic heterocycles. The van der Waals surface area contributed by atoms with Crippen LogP contribution in [0, 0.1) is 6.92 Å². The topological polar surface area (TPSA) is 69.7 Å². The van der Waals surface area contributed by atoms with Crippen molar-refractivity contribution in [3.05, 3.63) is 65.2 Å². The zero-order valence-electron chi connectivity index (χ0n) is 19.7. The van der Waals surface area contributed by atoms with Crippen molar-refractivity contribution in [2.75, 3.05) is 26.2 Å². The maximum Gasteiger partial charge on any atom is 0.251 e. The van der Waals surface area contributed by atoms with Gasteiger partial charge in [-0.2, -0.15) is 4.31 Å². The van der Waals surface area contributed by atoms with E-state index in [4.69, 9.17) is 0 Å². The summed E-state index contributed by atoms with van der Waals surface area (Å²) in [5, 5.41) is 3.09. The van der Waals surface area contributed by atoms with Crippen molar-refractivity contribution in [2.24, 2.45) is 0 Å². The summed E-state index contributed by atoms with van der Waals surface area (Å²) in [6.07, 6.45) is 5.14. The molecule has 1 N–H and O–H groups in total. The van der Waals surface area contributed by atoms with Gasteiger partial charge in [-0.05, 0) is 75.9 Å². The summed E-state index contributed by atoms with van der Waals surface area (Å²) in [5.74, 6) is -0.226. The lowest BCUT2D eigenvalue weighted by atomic mass is 10.0. The van der Waals surface area contributed by atoms with Crippen LogP contribution in [-0.4, -0.2) is 55.8 Å². The molecule has 2 aromatic rings. The number of rotatable bonds is 7. The minimum atomic E-state index is -3.63. The van der Waals surface area contributed by atoms with Crippen LogP contribution in [0.25, 0.3) is 0 Å². The van der Waals surface area contributed by atoms with Crippen LogP contribution in [0.15, 0.2) is 53.4 Å². The third-order valence-corrected chi connectivity index (χ3v) is 9.03. The largest absolute Gasteiger partial charge is 0.350 e. The SMILES string of the molecule is Cc1ccc(S(=O)(=O)N2CCCCC2C)cc1C(=O)NCC(c1ccccc1)N1CCCC1. The minimum absolute atomic E-state index is 0.0191. The summed E-state index contributed by atoms with van der Waals surface area (Å²) >= 11 is 0. The smallest absolute Gasteiger partial charge is 0.251 e. The van der Waals surface area contributed by atoms with E-state index in [1.54, 1.807) is 22.5 Å². The number of sulfonamides is 1. The quantitative estimate of drug-likeness (QED) is 0.662. The monoisotopic (exact) mass is 469 g/mol. The van der Waals surface area contributed by atoms with Crippen LogP contribution in [0.3, 0.4) is 0 Å². The normalized spacial score (nSPS) is 21.1. The highest BCUT2D eigenvalue weighted by molar-refractivity contribution is 7.89. The molecule has 4 rings (SSSR count). The van der Waals surface area contributed by atoms with Crippen molar-refractivity contribution in [1.29, 1.82) is 0 Å². The number of carbonyl (C=O) groups excluding carboxylic acids is 1. The van der Waals surface area contributed by atoms with E-state index in [0.717, 1.165) is 37.9 Å². The summed E-state index contributed by atoms with van der Waals surface area (Å²) in [4.78, 5) is 15.8. The molecule has 0 saturated carbocycles. The summed E-state index contributed by atoms with van der Waals surface area (Å²) < 4.78 is 28.2. The molecule has 2 fully saturated rings. The molecular weight excluding hydrogens is 434 g/mol. The van der Waals surface area contributed by atoms with Gasteiger partial charge in [0, 0.05) is 24.7 Å². The van der Waals surface area contributed by atoms with Gasteiger partial charge >= 0.3 is 0 Å². The number of hydrogen-bond acceptors (Lipinski definition) is 4. The first-order valence-corrected chi connectivity index (χ1v) is 13.5. The number of nitrogens with one attached hydrogen (secondary N) is 1. The second-order valence-corrected chi connectivity index (χ2v) is 11.2. The Labute approximate surface area is 198 Å². The first-order valence-electron chi connectivity index (χ1n) is 12.1. The van der Waals surface area contributed by atoms with Crippen LogP contribution in [0.2, 0.25) is 0 Å². The number of nitrogens with zero attached hydrogens (tertiary/aromatic N) is 2. The second-order valence-electron chi connectivity index (χ2n) is 9.32. The average molecular weight is 470 g/mol. The average Bonchev–Trinajstić information content (AvgIpc) is 3.35. The highest BCUT2D eigenvalue weighted by Crippen LogP contribution is 2.27. The standard InChI is InChI=1S/C26H35N3O3S/c1-20-13-14-23(33(31,32)29-17-7-6-10-21(29)2)18-24(20)26(30)27-19-25(28-15-8-9-16-28)22-11-4-3-5-12-22/h3-5,11-14,18,21,25H,6-10,15-17,19H2,1-2H3,(H,27,30). The van der Waals surface area contributed by atoms with Gasteiger partial charge in [0.25, 0.3) is 5.91 Å². The minimum Gasteiger partial charge on any atom is -0.350 e. The molecule has 1 amide bonds. The molecule has 2 aliphatic rings. The maximum atomic E-state index is 13.3. The molecule has 0 spiro atoms. The lowest BCUT2D eigenvalue weighted by molar-refractivity contribution is 0.0937. The van der Waals surface area contributed by atoms with E-state index in [1.807, 2.05) is 32.0 Å². The fourth-order valence-corrected chi connectivity index (χ4v) is 6.77. The number of benzene rings is 2. The molecule has 0 bridgehead atoms. The maximum absolute atomic E-state index is 13.3. The number of amides is 1. The Morgan fingerprint density at radius 3 is 2.42 bits per heavy atom. The molecule has 2 saturated heterocycles. The van der Waals surface area contributed by atoms with Crippen molar-refractivity contribution in [3.8, 4) is 0 Å². The highest BCUT2D eigenvalue weighted by atomic mass is 32.2. The molecule has 0 aliphatic carbocycles. The van der Waals surface area contributed by atoms with Crippen molar-refractivity contribution in [3.63, 3.8) is 0 Å². The van der Waals surface area contributed by atoms with Crippen molar-refractivity contribution >= 4 is 15.9 Å². The summed E-state index contributed by atoms with van der Waals surface area (Å²) in [5.41, 5.74) is 2.39. The molecule has 33 heavy (non-hydrogen) atoms. The fraction of sp³-hybridized carbons (Fsp3) is 0.500. The molecule has 7 heteroatoms. The number of carbonyl (C=O) groups is 1. The zero-order valence-corrected chi connectivity index (χ0v) is 20.5. The number of aryl methyl sites for hydroxylation is 1. The zero-order chi connectivity index (χ0) is 23.4. The van der Waals surface area contributed by atoms with Gasteiger partial charge in [0.2, 0.25) is 10.0 Å². The highest BCUT2D eigenvalue weighted by Gasteiger charge is 2.32. The lowest BCUT2D eigenvalue weighted by Gasteiger charge is -2.32. The molecule has 2 aromatic carbocycles. The van der Waals surface area contributed by atoms with Gasteiger partial charge < -0.3 is 5.32 Å². The van der Waals surface area contributed by atoms with Crippen molar-refractivity contribution in [2.45, 2.75) is 62.9 Å². The Bertz CT molecular complexity index is 1070. The Hall–Kier alpha value is -2.22. The van der Waals surface area contributed by atoms with Gasteiger partial charge in [0.1, 0.15) is 0 Å². The lowest BCUT2D eigenvalue weighted by Crippen LogP contribution is -2.42. The summed E-state index contributed by atoms with van der Waals surface area (Å²) in [7, 11) is -3.63. The van der Waals surface area contributed by atoms with Crippen LogP contribution in [0.1, 0.15) is 66.6 Å². The van der Waals surface area contributed by atoms with Gasteiger partial charge in [-0.1, -0.05) is 42.8 Å². The van der Waals surface area contributed by atoms with E-state index in [-0.39, 0.29) is 22.9 Å². The number of hydrogen-bond donors (Lipinski definition) is 1. The van der Waals surface area contributed by atoms with Crippen molar-refractivity contribution in [1.82, 2.24) is 14.5 Å². The van der Waals surface area contributed by atoms with Gasteiger partial charge in [-0.15, -0.1) is 0 Å². The van der Waals surface area contributed by atoms with E-state index in [9.17, 15) is 13.2 Å².